The lowest BCUT2D eigenvalue weighted by molar-refractivity contribution is 0.0938. The molecule has 21 heavy (non-hydrogen) atoms. The summed E-state index contributed by atoms with van der Waals surface area (Å²) in [7, 11) is 1.84. The van der Waals surface area contributed by atoms with Gasteiger partial charge in [0, 0.05) is 24.7 Å². The molecule has 1 aromatic heterocycles. The number of carbonyl (C=O) groups is 1. The minimum absolute atomic E-state index is 0.0135. The largest absolute Gasteiger partial charge is 0.373 e. The van der Waals surface area contributed by atoms with Crippen LogP contribution in [-0.2, 0) is 0 Å². The lowest BCUT2D eigenvalue weighted by atomic mass is 10.1. The van der Waals surface area contributed by atoms with E-state index in [4.69, 9.17) is 0 Å². The number of amides is 1. The number of nitrogens with zero attached hydrogens (tertiary/aromatic N) is 1. The Labute approximate surface area is 125 Å². The van der Waals surface area contributed by atoms with Crippen molar-refractivity contribution in [2.75, 3.05) is 12.4 Å². The van der Waals surface area contributed by atoms with Crippen molar-refractivity contribution in [3.63, 3.8) is 0 Å². The number of fused-ring (bicyclic) bond motifs is 1. The normalized spacial score (nSPS) is 21.4. The number of carbonyl (C=O) groups excluding carboxylic acids is 1. The third-order valence-corrected chi connectivity index (χ3v) is 4.31. The lowest BCUT2D eigenvalue weighted by Crippen LogP contribution is -2.33. The predicted molar refractivity (Wildman–Crippen MR) is 85.6 cm³/mol. The molecule has 0 aliphatic heterocycles. The van der Waals surface area contributed by atoms with Crippen LogP contribution in [0.5, 0.6) is 0 Å². The maximum atomic E-state index is 12.5. The first-order valence-electron chi connectivity index (χ1n) is 7.55. The van der Waals surface area contributed by atoms with Gasteiger partial charge in [-0.2, -0.15) is 0 Å². The summed E-state index contributed by atoms with van der Waals surface area (Å²) in [6.45, 7) is 2.24. The maximum Gasteiger partial charge on any atom is 0.253 e. The van der Waals surface area contributed by atoms with Gasteiger partial charge in [0.2, 0.25) is 0 Å². The summed E-state index contributed by atoms with van der Waals surface area (Å²) in [4.78, 5) is 16.9. The summed E-state index contributed by atoms with van der Waals surface area (Å²) in [5, 5.41) is 8.15. The second-order valence-electron chi connectivity index (χ2n) is 5.90. The van der Waals surface area contributed by atoms with E-state index in [2.05, 4.69) is 22.5 Å². The van der Waals surface area contributed by atoms with Crippen LogP contribution in [0.15, 0.2) is 30.5 Å². The molecule has 2 N–H and O–H groups in total. The molecule has 1 amide bonds. The molecule has 4 heteroatoms. The number of rotatable bonds is 3. The summed E-state index contributed by atoms with van der Waals surface area (Å²) >= 11 is 0. The van der Waals surface area contributed by atoms with Gasteiger partial charge in [0.05, 0.1) is 5.56 Å². The Kier molecular flexibility index (Phi) is 3.78. The first kappa shape index (κ1) is 13.9. The molecule has 3 rings (SSSR count). The Balaban J connectivity index is 1.91. The lowest BCUT2D eigenvalue weighted by Gasteiger charge is -2.14. The molecule has 1 fully saturated rings. The number of aromatic nitrogens is 1. The van der Waals surface area contributed by atoms with Gasteiger partial charge in [-0.3, -0.25) is 4.79 Å². The van der Waals surface area contributed by atoms with E-state index in [1.54, 1.807) is 6.20 Å². The molecular formula is C17H21N3O. The third-order valence-electron chi connectivity index (χ3n) is 4.31. The second-order valence-corrected chi connectivity index (χ2v) is 5.90. The van der Waals surface area contributed by atoms with Gasteiger partial charge in [-0.1, -0.05) is 31.2 Å². The van der Waals surface area contributed by atoms with Crippen LogP contribution in [0.25, 0.3) is 10.8 Å². The van der Waals surface area contributed by atoms with Gasteiger partial charge in [0.15, 0.2) is 0 Å². The average molecular weight is 283 g/mol. The zero-order valence-corrected chi connectivity index (χ0v) is 12.5. The Hall–Kier alpha value is -2.10. The van der Waals surface area contributed by atoms with Crippen LogP contribution in [0.3, 0.4) is 0 Å². The van der Waals surface area contributed by atoms with Gasteiger partial charge in [-0.25, -0.2) is 4.98 Å². The van der Waals surface area contributed by atoms with Crippen molar-refractivity contribution in [2.24, 2.45) is 5.92 Å². The van der Waals surface area contributed by atoms with Gasteiger partial charge < -0.3 is 10.6 Å². The molecule has 0 bridgehead atoms. The van der Waals surface area contributed by atoms with Gasteiger partial charge in [0.25, 0.3) is 5.91 Å². The van der Waals surface area contributed by atoms with Gasteiger partial charge >= 0.3 is 0 Å². The standard InChI is InChI=1S/C17H21N3O/c1-11-7-8-12(9-11)20-17(21)15-10-19-16(18-2)14-6-4-3-5-13(14)15/h3-6,10-12H,7-9H2,1-2H3,(H,18,19)(H,20,21). The number of hydrogen-bond donors (Lipinski definition) is 2. The molecule has 0 saturated heterocycles. The highest BCUT2D eigenvalue weighted by Crippen LogP contribution is 2.27. The number of anilines is 1. The van der Waals surface area contributed by atoms with Crippen molar-refractivity contribution in [1.29, 1.82) is 0 Å². The molecule has 1 aliphatic carbocycles. The van der Waals surface area contributed by atoms with Crippen molar-refractivity contribution < 1.29 is 4.79 Å². The topological polar surface area (TPSA) is 54.0 Å². The molecular weight excluding hydrogens is 262 g/mol. The number of nitrogens with one attached hydrogen (secondary N) is 2. The predicted octanol–water partition coefficient (Wildman–Crippen LogP) is 3.19. The van der Waals surface area contributed by atoms with E-state index in [1.807, 2.05) is 31.3 Å². The van der Waals surface area contributed by atoms with E-state index in [9.17, 15) is 4.79 Å². The molecule has 110 valence electrons. The van der Waals surface area contributed by atoms with Crippen LogP contribution >= 0.6 is 0 Å². The molecule has 0 radical (unpaired) electrons. The van der Waals surface area contributed by atoms with Crippen LogP contribution in [0.2, 0.25) is 0 Å². The Morgan fingerprint density at radius 2 is 2.00 bits per heavy atom. The average Bonchev–Trinajstić information content (AvgIpc) is 2.91. The molecule has 0 spiro atoms. The van der Waals surface area contributed by atoms with Crippen molar-refractivity contribution in [3.05, 3.63) is 36.0 Å². The van der Waals surface area contributed by atoms with Crippen molar-refractivity contribution in [2.45, 2.75) is 32.2 Å². The smallest absolute Gasteiger partial charge is 0.253 e. The first-order chi connectivity index (χ1) is 10.2. The molecule has 1 aromatic carbocycles. The first-order valence-corrected chi connectivity index (χ1v) is 7.55. The highest BCUT2D eigenvalue weighted by molar-refractivity contribution is 6.09. The SMILES string of the molecule is CNc1ncc(C(=O)NC2CCC(C)C2)c2ccccc12. The quantitative estimate of drug-likeness (QED) is 0.909. The van der Waals surface area contributed by atoms with Gasteiger partial charge in [0.1, 0.15) is 5.82 Å². The maximum absolute atomic E-state index is 12.5. The minimum atomic E-state index is -0.0135. The monoisotopic (exact) mass is 283 g/mol. The minimum Gasteiger partial charge on any atom is -0.373 e. The Morgan fingerprint density at radius 1 is 1.24 bits per heavy atom. The van der Waals surface area contributed by atoms with Crippen molar-refractivity contribution >= 4 is 22.5 Å². The number of benzene rings is 1. The Bertz CT molecular complexity index is 668. The third kappa shape index (κ3) is 2.71. The zero-order chi connectivity index (χ0) is 14.8. The fraction of sp³-hybridized carbons (Fsp3) is 0.412. The van der Waals surface area contributed by atoms with Crippen molar-refractivity contribution in [1.82, 2.24) is 10.3 Å². The fourth-order valence-corrected chi connectivity index (χ4v) is 3.17. The van der Waals surface area contributed by atoms with Crippen LogP contribution < -0.4 is 10.6 Å². The van der Waals surface area contributed by atoms with Gasteiger partial charge in [-0.05, 0) is 30.6 Å². The highest BCUT2D eigenvalue weighted by atomic mass is 16.1. The number of pyridine rings is 1. The van der Waals surface area contributed by atoms with E-state index < -0.39 is 0 Å². The van der Waals surface area contributed by atoms with Gasteiger partial charge in [-0.15, -0.1) is 0 Å². The Morgan fingerprint density at radius 3 is 2.67 bits per heavy atom. The van der Waals surface area contributed by atoms with Crippen LogP contribution in [0.1, 0.15) is 36.5 Å². The summed E-state index contributed by atoms with van der Waals surface area (Å²) in [5.74, 6) is 1.49. The zero-order valence-electron chi connectivity index (χ0n) is 12.5. The summed E-state index contributed by atoms with van der Waals surface area (Å²) in [6.07, 6.45) is 5.02. The summed E-state index contributed by atoms with van der Waals surface area (Å²) in [5.41, 5.74) is 0.657. The van der Waals surface area contributed by atoms with E-state index in [1.165, 1.54) is 6.42 Å². The molecule has 1 aliphatic rings. The molecule has 4 nitrogen and oxygen atoms in total. The molecule has 2 aromatic rings. The highest BCUT2D eigenvalue weighted by Gasteiger charge is 2.24. The van der Waals surface area contributed by atoms with Crippen LogP contribution in [0, 0.1) is 5.92 Å². The van der Waals surface area contributed by atoms with E-state index >= 15 is 0 Å². The van der Waals surface area contributed by atoms with Crippen LogP contribution in [-0.4, -0.2) is 24.0 Å². The van der Waals surface area contributed by atoms with Crippen molar-refractivity contribution in [3.8, 4) is 0 Å². The molecule has 2 unspecified atom stereocenters. The summed E-state index contributed by atoms with van der Waals surface area (Å²) in [6, 6.07) is 8.18. The fourth-order valence-electron chi connectivity index (χ4n) is 3.17. The van der Waals surface area contributed by atoms with E-state index in [-0.39, 0.29) is 5.91 Å². The van der Waals surface area contributed by atoms with E-state index in [0.29, 0.717) is 17.5 Å². The molecule has 2 atom stereocenters. The summed E-state index contributed by atoms with van der Waals surface area (Å²) < 4.78 is 0. The second kappa shape index (κ2) is 5.72. The van der Waals surface area contributed by atoms with Crippen LogP contribution in [0.4, 0.5) is 5.82 Å². The molecule has 1 heterocycles. The van der Waals surface area contributed by atoms with E-state index in [0.717, 1.165) is 29.4 Å². The number of hydrogen-bond acceptors (Lipinski definition) is 3. The molecule has 1 saturated carbocycles.